The number of carbonyl (C=O) groups excluding carboxylic acids is 2. The highest BCUT2D eigenvalue weighted by Crippen LogP contribution is 2.24. The summed E-state index contributed by atoms with van der Waals surface area (Å²) in [7, 11) is 0. The van der Waals surface area contributed by atoms with Gasteiger partial charge in [0.1, 0.15) is 17.3 Å². The molecule has 1 heterocycles. The Bertz CT molecular complexity index is 1250. The summed E-state index contributed by atoms with van der Waals surface area (Å²) in [5.41, 5.74) is 6.63. The van der Waals surface area contributed by atoms with Crippen LogP contribution in [0.4, 0.5) is 9.52 Å². The number of nitrogens with zero attached hydrogens (tertiary/aromatic N) is 1. The molecule has 0 fully saturated rings. The van der Waals surface area contributed by atoms with Gasteiger partial charge in [0.2, 0.25) is 5.91 Å². The fourth-order valence-electron chi connectivity index (χ4n) is 2.94. The van der Waals surface area contributed by atoms with Crippen LogP contribution in [0, 0.1) is 5.82 Å². The van der Waals surface area contributed by atoms with Gasteiger partial charge in [-0.3, -0.25) is 14.9 Å². The second kappa shape index (κ2) is 9.40. The summed E-state index contributed by atoms with van der Waals surface area (Å²) in [6, 6.07) is 19.6. The lowest BCUT2D eigenvalue weighted by molar-refractivity contribution is 0.0997. The maximum atomic E-state index is 13.8. The van der Waals surface area contributed by atoms with Crippen LogP contribution in [0.15, 0.2) is 79.0 Å². The number of carbonyl (C=O) groups is 2. The Morgan fingerprint density at radius 3 is 2.19 bits per heavy atom. The lowest BCUT2D eigenvalue weighted by Gasteiger charge is -2.07. The van der Waals surface area contributed by atoms with Gasteiger partial charge in [-0.15, -0.1) is 11.3 Å². The second-order valence-electron chi connectivity index (χ2n) is 6.87. The number of rotatable bonds is 7. The van der Waals surface area contributed by atoms with Crippen LogP contribution in [-0.4, -0.2) is 16.8 Å². The molecule has 4 aromatic rings. The Kier molecular flexibility index (Phi) is 6.23. The van der Waals surface area contributed by atoms with E-state index in [0.29, 0.717) is 39.7 Å². The van der Waals surface area contributed by atoms with Crippen LogP contribution >= 0.6 is 11.3 Å². The molecule has 1 aromatic heterocycles. The molecule has 2 amide bonds. The molecule has 0 aliphatic heterocycles. The molecule has 160 valence electrons. The zero-order valence-corrected chi connectivity index (χ0v) is 17.6. The van der Waals surface area contributed by atoms with Gasteiger partial charge in [0, 0.05) is 28.6 Å². The SMILES string of the molecule is NC(=O)c1ccc(Oc2ccc(C(=O)Nc3ncc(Cc4ccccc4F)s3)cc2)cc1. The van der Waals surface area contributed by atoms with Crippen molar-refractivity contribution in [2.24, 2.45) is 5.73 Å². The molecule has 32 heavy (non-hydrogen) atoms. The zero-order chi connectivity index (χ0) is 22.5. The molecule has 0 unspecified atom stereocenters. The molecule has 0 saturated heterocycles. The molecule has 0 saturated carbocycles. The van der Waals surface area contributed by atoms with Crippen LogP contribution in [0.1, 0.15) is 31.2 Å². The third-order valence-electron chi connectivity index (χ3n) is 4.59. The average molecular weight is 447 g/mol. The number of nitrogens with one attached hydrogen (secondary N) is 1. The van der Waals surface area contributed by atoms with Crippen LogP contribution in [0.5, 0.6) is 11.5 Å². The fraction of sp³-hybridized carbons (Fsp3) is 0.0417. The molecular weight excluding hydrogens is 429 g/mol. The number of nitrogens with two attached hydrogens (primary N) is 1. The maximum absolute atomic E-state index is 13.8. The Morgan fingerprint density at radius 1 is 0.938 bits per heavy atom. The number of primary amides is 1. The number of amides is 2. The summed E-state index contributed by atoms with van der Waals surface area (Å²) in [6.45, 7) is 0. The van der Waals surface area contributed by atoms with Crippen molar-refractivity contribution in [1.29, 1.82) is 0 Å². The van der Waals surface area contributed by atoms with Gasteiger partial charge in [-0.1, -0.05) is 18.2 Å². The van der Waals surface area contributed by atoms with Gasteiger partial charge in [-0.25, -0.2) is 9.37 Å². The van der Waals surface area contributed by atoms with Crippen molar-refractivity contribution in [2.75, 3.05) is 5.32 Å². The molecule has 0 aliphatic rings. The third-order valence-corrected chi connectivity index (χ3v) is 5.50. The topological polar surface area (TPSA) is 94.3 Å². The quantitative estimate of drug-likeness (QED) is 0.416. The van der Waals surface area contributed by atoms with E-state index in [1.165, 1.54) is 17.4 Å². The van der Waals surface area contributed by atoms with Gasteiger partial charge < -0.3 is 10.5 Å². The molecule has 4 rings (SSSR count). The predicted molar refractivity (Wildman–Crippen MR) is 121 cm³/mol. The van der Waals surface area contributed by atoms with Gasteiger partial charge in [-0.2, -0.15) is 0 Å². The first kappa shape index (κ1) is 21.2. The smallest absolute Gasteiger partial charge is 0.257 e. The van der Waals surface area contributed by atoms with E-state index in [2.05, 4.69) is 10.3 Å². The van der Waals surface area contributed by atoms with Crippen molar-refractivity contribution in [1.82, 2.24) is 4.98 Å². The number of thiazole rings is 1. The first-order valence-corrected chi connectivity index (χ1v) is 10.5. The van der Waals surface area contributed by atoms with E-state index in [-0.39, 0.29) is 11.7 Å². The van der Waals surface area contributed by atoms with E-state index in [0.717, 1.165) is 4.88 Å². The molecule has 3 aromatic carbocycles. The second-order valence-corrected chi connectivity index (χ2v) is 7.98. The van der Waals surface area contributed by atoms with Crippen molar-refractivity contribution >= 4 is 28.3 Å². The molecule has 0 atom stereocenters. The Hall–Kier alpha value is -4.04. The number of aromatic nitrogens is 1. The molecule has 0 radical (unpaired) electrons. The van der Waals surface area contributed by atoms with Gasteiger partial charge in [0.25, 0.3) is 5.91 Å². The van der Waals surface area contributed by atoms with E-state index in [1.807, 2.05) is 0 Å². The van der Waals surface area contributed by atoms with Crippen LogP contribution in [0.2, 0.25) is 0 Å². The van der Waals surface area contributed by atoms with E-state index >= 15 is 0 Å². The van der Waals surface area contributed by atoms with Crippen LogP contribution in [0.3, 0.4) is 0 Å². The van der Waals surface area contributed by atoms with Gasteiger partial charge in [0.15, 0.2) is 5.13 Å². The molecule has 0 spiro atoms. The molecule has 8 heteroatoms. The van der Waals surface area contributed by atoms with Crippen LogP contribution < -0.4 is 15.8 Å². The first-order chi connectivity index (χ1) is 15.5. The van der Waals surface area contributed by atoms with Crippen molar-refractivity contribution in [3.05, 3.63) is 106 Å². The number of ether oxygens (including phenoxy) is 1. The number of hydrogen-bond acceptors (Lipinski definition) is 5. The summed E-state index contributed by atoms with van der Waals surface area (Å²) in [5.74, 6) is -0.00887. The number of hydrogen-bond donors (Lipinski definition) is 2. The minimum atomic E-state index is -0.508. The Morgan fingerprint density at radius 2 is 1.56 bits per heavy atom. The minimum absolute atomic E-state index is 0.266. The molecule has 3 N–H and O–H groups in total. The summed E-state index contributed by atoms with van der Waals surface area (Å²) < 4.78 is 19.5. The fourth-order valence-corrected chi connectivity index (χ4v) is 3.77. The van der Waals surface area contributed by atoms with Crippen molar-refractivity contribution in [3.8, 4) is 11.5 Å². The number of anilines is 1. The van der Waals surface area contributed by atoms with Gasteiger partial charge in [0.05, 0.1) is 0 Å². The minimum Gasteiger partial charge on any atom is -0.457 e. The van der Waals surface area contributed by atoms with E-state index in [9.17, 15) is 14.0 Å². The van der Waals surface area contributed by atoms with Crippen molar-refractivity contribution in [2.45, 2.75) is 6.42 Å². The molecule has 6 nitrogen and oxygen atoms in total. The average Bonchev–Trinajstić information content (AvgIpc) is 3.23. The summed E-state index contributed by atoms with van der Waals surface area (Å²) in [5, 5.41) is 3.20. The predicted octanol–water partition coefficient (Wildman–Crippen LogP) is 5.02. The lowest BCUT2D eigenvalue weighted by Crippen LogP contribution is -2.11. The number of benzene rings is 3. The standard InChI is InChI=1S/C24H18FN3O3S/c25-21-4-2-1-3-17(21)13-20-14-27-24(32-20)28-23(30)16-7-11-19(12-8-16)31-18-9-5-15(6-10-18)22(26)29/h1-12,14H,13H2,(H2,26,29)(H,27,28,30). The largest absolute Gasteiger partial charge is 0.457 e. The lowest BCUT2D eigenvalue weighted by atomic mass is 10.1. The van der Waals surface area contributed by atoms with E-state index < -0.39 is 5.91 Å². The summed E-state index contributed by atoms with van der Waals surface area (Å²) in [4.78, 5) is 28.7. The monoisotopic (exact) mass is 447 g/mol. The van der Waals surface area contributed by atoms with Crippen LogP contribution in [-0.2, 0) is 6.42 Å². The highest BCUT2D eigenvalue weighted by molar-refractivity contribution is 7.15. The normalized spacial score (nSPS) is 10.5. The third kappa shape index (κ3) is 5.16. The summed E-state index contributed by atoms with van der Waals surface area (Å²) >= 11 is 1.30. The van der Waals surface area contributed by atoms with Crippen molar-refractivity contribution in [3.63, 3.8) is 0 Å². The molecular formula is C24H18FN3O3S. The van der Waals surface area contributed by atoms with Crippen LogP contribution in [0.25, 0.3) is 0 Å². The Balaban J connectivity index is 1.36. The Labute approximate surface area is 187 Å². The highest BCUT2D eigenvalue weighted by atomic mass is 32.1. The molecule has 0 aliphatic carbocycles. The van der Waals surface area contributed by atoms with E-state index in [1.54, 1.807) is 72.9 Å². The van der Waals surface area contributed by atoms with Crippen molar-refractivity contribution < 1.29 is 18.7 Å². The maximum Gasteiger partial charge on any atom is 0.257 e. The summed E-state index contributed by atoms with van der Waals surface area (Å²) in [6.07, 6.45) is 2.04. The van der Waals surface area contributed by atoms with Gasteiger partial charge in [-0.05, 0) is 60.2 Å². The van der Waals surface area contributed by atoms with E-state index in [4.69, 9.17) is 10.5 Å². The number of halogens is 1. The highest BCUT2D eigenvalue weighted by Gasteiger charge is 2.11. The molecule has 0 bridgehead atoms. The zero-order valence-electron chi connectivity index (χ0n) is 16.7. The first-order valence-electron chi connectivity index (χ1n) is 9.65. The van der Waals surface area contributed by atoms with Gasteiger partial charge >= 0.3 is 0 Å².